The molecule has 0 saturated heterocycles. The standard InChI is InChI=1S/C16H24O3/c1-5-18-11-12-19-15(17)14(16(2,3)4)13-9-7-6-8-10-13/h6-10,14H,5,11-12H2,1-4H3/t14-/m1/s1. The molecular formula is C16H24O3. The second-order valence-electron chi connectivity index (χ2n) is 5.57. The second kappa shape index (κ2) is 7.29. The van der Waals surface area contributed by atoms with E-state index in [2.05, 4.69) is 20.8 Å². The van der Waals surface area contributed by atoms with E-state index in [0.29, 0.717) is 19.8 Å². The van der Waals surface area contributed by atoms with Crippen molar-refractivity contribution in [3.8, 4) is 0 Å². The van der Waals surface area contributed by atoms with Crippen LogP contribution in [0.3, 0.4) is 0 Å². The summed E-state index contributed by atoms with van der Waals surface area (Å²) in [5, 5.41) is 0. The maximum absolute atomic E-state index is 12.3. The van der Waals surface area contributed by atoms with Gasteiger partial charge in [-0.2, -0.15) is 0 Å². The number of rotatable bonds is 6. The van der Waals surface area contributed by atoms with Gasteiger partial charge < -0.3 is 9.47 Å². The topological polar surface area (TPSA) is 35.5 Å². The Morgan fingerprint density at radius 1 is 1.16 bits per heavy atom. The van der Waals surface area contributed by atoms with E-state index in [1.54, 1.807) is 0 Å². The summed E-state index contributed by atoms with van der Waals surface area (Å²) in [5.74, 6) is -0.436. The molecule has 3 nitrogen and oxygen atoms in total. The number of benzene rings is 1. The van der Waals surface area contributed by atoms with Crippen molar-refractivity contribution >= 4 is 5.97 Å². The van der Waals surface area contributed by atoms with Gasteiger partial charge in [-0.1, -0.05) is 51.1 Å². The molecular weight excluding hydrogens is 240 g/mol. The van der Waals surface area contributed by atoms with E-state index in [1.165, 1.54) is 0 Å². The number of hydrogen-bond acceptors (Lipinski definition) is 3. The molecule has 1 aromatic rings. The molecule has 3 heteroatoms. The van der Waals surface area contributed by atoms with Crippen LogP contribution in [-0.2, 0) is 14.3 Å². The van der Waals surface area contributed by atoms with Gasteiger partial charge in [0.25, 0.3) is 0 Å². The highest BCUT2D eigenvalue weighted by Crippen LogP contribution is 2.35. The Morgan fingerprint density at radius 2 is 1.79 bits per heavy atom. The lowest BCUT2D eigenvalue weighted by atomic mass is 9.76. The lowest BCUT2D eigenvalue weighted by Gasteiger charge is -2.29. The molecule has 0 unspecified atom stereocenters. The number of hydrogen-bond donors (Lipinski definition) is 0. The van der Waals surface area contributed by atoms with Crippen molar-refractivity contribution in [1.82, 2.24) is 0 Å². The molecule has 0 amide bonds. The Bertz CT molecular complexity index is 379. The fraction of sp³-hybridized carbons (Fsp3) is 0.562. The third-order valence-electron chi connectivity index (χ3n) is 2.91. The quantitative estimate of drug-likeness (QED) is 0.583. The molecule has 106 valence electrons. The van der Waals surface area contributed by atoms with Gasteiger partial charge >= 0.3 is 5.97 Å². The summed E-state index contributed by atoms with van der Waals surface area (Å²) in [5.41, 5.74) is 0.820. The minimum absolute atomic E-state index is 0.177. The van der Waals surface area contributed by atoms with Gasteiger partial charge in [0, 0.05) is 6.61 Å². The third kappa shape index (κ3) is 5.03. The summed E-state index contributed by atoms with van der Waals surface area (Å²) < 4.78 is 10.5. The van der Waals surface area contributed by atoms with Crippen LogP contribution in [0.2, 0.25) is 0 Å². The first-order valence-electron chi connectivity index (χ1n) is 6.76. The molecule has 1 aromatic carbocycles. The van der Waals surface area contributed by atoms with Crippen molar-refractivity contribution in [3.05, 3.63) is 35.9 Å². The van der Waals surface area contributed by atoms with Gasteiger partial charge in [-0.05, 0) is 17.9 Å². The van der Waals surface area contributed by atoms with Crippen LogP contribution in [-0.4, -0.2) is 25.8 Å². The molecule has 0 saturated carbocycles. The number of ether oxygens (including phenoxy) is 2. The summed E-state index contributed by atoms with van der Waals surface area (Å²) in [6.07, 6.45) is 0. The smallest absolute Gasteiger partial charge is 0.314 e. The Balaban J connectivity index is 2.73. The SMILES string of the molecule is CCOCCOC(=O)[C@@H](c1ccccc1)C(C)(C)C. The Morgan fingerprint density at radius 3 is 2.32 bits per heavy atom. The fourth-order valence-electron chi connectivity index (χ4n) is 2.06. The summed E-state index contributed by atoms with van der Waals surface area (Å²) in [6, 6.07) is 9.78. The van der Waals surface area contributed by atoms with Crippen molar-refractivity contribution in [2.75, 3.05) is 19.8 Å². The van der Waals surface area contributed by atoms with Crippen LogP contribution in [0.5, 0.6) is 0 Å². The van der Waals surface area contributed by atoms with Gasteiger partial charge in [0.1, 0.15) is 6.61 Å². The number of esters is 1. The molecule has 0 N–H and O–H groups in total. The zero-order valence-electron chi connectivity index (χ0n) is 12.3. The van der Waals surface area contributed by atoms with E-state index in [1.807, 2.05) is 37.3 Å². The number of carbonyl (C=O) groups is 1. The molecule has 0 heterocycles. The molecule has 0 fully saturated rings. The Kier molecular flexibility index (Phi) is 6.03. The molecule has 1 rings (SSSR count). The first kappa shape index (κ1) is 15.7. The molecule has 1 atom stereocenters. The Labute approximate surface area is 115 Å². The van der Waals surface area contributed by atoms with E-state index < -0.39 is 0 Å². The van der Waals surface area contributed by atoms with Crippen LogP contribution >= 0.6 is 0 Å². The van der Waals surface area contributed by atoms with Crippen LogP contribution in [0.15, 0.2) is 30.3 Å². The molecule has 0 aliphatic carbocycles. The maximum Gasteiger partial charge on any atom is 0.314 e. The normalized spacial score (nSPS) is 13.1. The average molecular weight is 264 g/mol. The second-order valence-corrected chi connectivity index (χ2v) is 5.57. The Hall–Kier alpha value is -1.35. The van der Waals surface area contributed by atoms with E-state index in [0.717, 1.165) is 5.56 Å². The van der Waals surface area contributed by atoms with Crippen LogP contribution in [0.25, 0.3) is 0 Å². The molecule has 0 aliphatic heterocycles. The lowest BCUT2D eigenvalue weighted by molar-refractivity contribution is -0.149. The highest BCUT2D eigenvalue weighted by atomic mass is 16.6. The highest BCUT2D eigenvalue weighted by Gasteiger charge is 2.33. The van der Waals surface area contributed by atoms with Crippen LogP contribution in [0.4, 0.5) is 0 Å². The predicted molar refractivity (Wildman–Crippen MR) is 76.1 cm³/mol. The summed E-state index contributed by atoms with van der Waals surface area (Å²) in [6.45, 7) is 9.47. The van der Waals surface area contributed by atoms with Gasteiger partial charge in [-0.15, -0.1) is 0 Å². The molecule has 0 aliphatic rings. The van der Waals surface area contributed by atoms with Gasteiger partial charge in [-0.25, -0.2) is 0 Å². The third-order valence-corrected chi connectivity index (χ3v) is 2.91. The summed E-state index contributed by atoms with van der Waals surface area (Å²) >= 11 is 0. The molecule has 0 spiro atoms. The molecule has 0 aromatic heterocycles. The minimum atomic E-state index is -0.254. The fourth-order valence-corrected chi connectivity index (χ4v) is 2.06. The van der Waals surface area contributed by atoms with Gasteiger partial charge in [0.2, 0.25) is 0 Å². The molecule has 0 radical (unpaired) electrons. The maximum atomic E-state index is 12.3. The summed E-state index contributed by atoms with van der Waals surface area (Å²) in [4.78, 5) is 12.3. The van der Waals surface area contributed by atoms with E-state index >= 15 is 0 Å². The summed E-state index contributed by atoms with van der Waals surface area (Å²) in [7, 11) is 0. The van der Waals surface area contributed by atoms with Gasteiger partial charge in [0.05, 0.1) is 12.5 Å². The highest BCUT2D eigenvalue weighted by molar-refractivity contribution is 5.79. The molecule has 0 bridgehead atoms. The van der Waals surface area contributed by atoms with Crippen LogP contribution < -0.4 is 0 Å². The van der Waals surface area contributed by atoms with E-state index in [-0.39, 0.29) is 17.3 Å². The zero-order valence-corrected chi connectivity index (χ0v) is 12.3. The zero-order chi connectivity index (χ0) is 14.3. The van der Waals surface area contributed by atoms with Crippen LogP contribution in [0.1, 0.15) is 39.2 Å². The van der Waals surface area contributed by atoms with Crippen molar-refractivity contribution < 1.29 is 14.3 Å². The monoisotopic (exact) mass is 264 g/mol. The lowest BCUT2D eigenvalue weighted by Crippen LogP contribution is -2.29. The first-order chi connectivity index (χ1) is 8.96. The van der Waals surface area contributed by atoms with Crippen molar-refractivity contribution in [2.24, 2.45) is 5.41 Å². The van der Waals surface area contributed by atoms with E-state index in [4.69, 9.17) is 9.47 Å². The largest absolute Gasteiger partial charge is 0.463 e. The first-order valence-corrected chi connectivity index (χ1v) is 6.76. The average Bonchev–Trinajstić information content (AvgIpc) is 2.34. The predicted octanol–water partition coefficient (Wildman–Crippen LogP) is 3.40. The van der Waals surface area contributed by atoms with Crippen molar-refractivity contribution in [1.29, 1.82) is 0 Å². The molecule has 19 heavy (non-hydrogen) atoms. The van der Waals surface area contributed by atoms with Crippen molar-refractivity contribution in [3.63, 3.8) is 0 Å². The number of carbonyl (C=O) groups excluding carboxylic acids is 1. The van der Waals surface area contributed by atoms with E-state index in [9.17, 15) is 4.79 Å². The van der Waals surface area contributed by atoms with Crippen molar-refractivity contribution in [2.45, 2.75) is 33.6 Å². The van der Waals surface area contributed by atoms with Crippen LogP contribution in [0, 0.1) is 5.41 Å². The van der Waals surface area contributed by atoms with Gasteiger partial charge in [-0.3, -0.25) is 4.79 Å². The minimum Gasteiger partial charge on any atom is -0.463 e. The van der Waals surface area contributed by atoms with Gasteiger partial charge in [0.15, 0.2) is 0 Å².